The summed E-state index contributed by atoms with van der Waals surface area (Å²) >= 11 is 0. The summed E-state index contributed by atoms with van der Waals surface area (Å²) in [6.45, 7) is 10.7. The predicted molar refractivity (Wildman–Crippen MR) is 145 cm³/mol. The molecule has 0 spiro atoms. The van der Waals surface area contributed by atoms with Gasteiger partial charge in [-0.15, -0.1) is 0 Å². The third kappa shape index (κ3) is 7.01. The van der Waals surface area contributed by atoms with Crippen LogP contribution in [0, 0.1) is 41.5 Å². The number of carbonyl (C=O) groups excluding carboxylic acids is 3. The highest BCUT2D eigenvalue weighted by Crippen LogP contribution is 2.16. The number of benzene rings is 1. The molecule has 0 bridgehead atoms. The van der Waals surface area contributed by atoms with E-state index in [4.69, 9.17) is 0 Å². The fourth-order valence-electron chi connectivity index (χ4n) is 3.89. The van der Waals surface area contributed by atoms with Crippen LogP contribution in [0.2, 0.25) is 0 Å². The zero-order valence-electron chi connectivity index (χ0n) is 22.4. The average Bonchev–Trinajstić information content (AvgIpc) is 2.81. The minimum atomic E-state index is -0.603. The Balaban J connectivity index is 1.69. The first-order valence-electron chi connectivity index (χ1n) is 12.0. The van der Waals surface area contributed by atoms with Gasteiger partial charge < -0.3 is 0 Å². The van der Waals surface area contributed by atoms with Crippen LogP contribution < -0.4 is 16.0 Å². The first kappa shape index (κ1) is 26.9. The lowest BCUT2D eigenvalue weighted by Gasteiger charge is -2.11. The molecule has 3 N–H and O–H groups in total. The zero-order chi connectivity index (χ0) is 28.3. The molecule has 12 heteroatoms. The van der Waals surface area contributed by atoms with Crippen LogP contribution >= 0.6 is 0 Å². The minimum absolute atomic E-state index is 0.0400. The Bertz CT molecular complexity index is 1360. The fraction of sp³-hybridized carbons (Fsp3) is 0.222. The van der Waals surface area contributed by atoms with Gasteiger partial charge in [-0.3, -0.25) is 30.3 Å². The van der Waals surface area contributed by atoms with Crippen LogP contribution in [0.3, 0.4) is 0 Å². The Labute approximate surface area is 224 Å². The largest absolute Gasteiger partial charge is 0.290 e. The van der Waals surface area contributed by atoms with E-state index in [0.29, 0.717) is 34.2 Å². The van der Waals surface area contributed by atoms with E-state index in [2.05, 4.69) is 45.9 Å². The van der Waals surface area contributed by atoms with Crippen molar-refractivity contribution in [3.8, 4) is 0 Å². The summed E-state index contributed by atoms with van der Waals surface area (Å²) in [4.78, 5) is 64.9. The van der Waals surface area contributed by atoms with Crippen molar-refractivity contribution in [3.05, 3.63) is 87.3 Å². The molecule has 0 aliphatic carbocycles. The van der Waals surface area contributed by atoms with Gasteiger partial charge in [-0.05, 0) is 77.9 Å². The van der Waals surface area contributed by atoms with E-state index in [0.717, 1.165) is 0 Å². The number of carbonyl (C=O) groups is 3. The van der Waals surface area contributed by atoms with Crippen LogP contribution in [0.4, 0.5) is 17.8 Å². The van der Waals surface area contributed by atoms with Crippen molar-refractivity contribution >= 4 is 35.6 Å². The number of nitrogens with zero attached hydrogens (tertiary/aromatic N) is 6. The average molecular weight is 526 g/mol. The molecule has 3 aromatic heterocycles. The molecule has 39 heavy (non-hydrogen) atoms. The zero-order valence-corrected chi connectivity index (χ0v) is 22.4. The highest BCUT2D eigenvalue weighted by molar-refractivity contribution is 6.12. The van der Waals surface area contributed by atoms with Gasteiger partial charge in [0.1, 0.15) is 0 Å². The maximum atomic E-state index is 13.2. The van der Waals surface area contributed by atoms with Crippen LogP contribution in [0.5, 0.6) is 0 Å². The van der Waals surface area contributed by atoms with Crippen molar-refractivity contribution in [1.82, 2.24) is 29.9 Å². The summed E-state index contributed by atoms with van der Waals surface area (Å²) in [5.74, 6) is -1.50. The number of hydrogen-bond donors (Lipinski definition) is 3. The van der Waals surface area contributed by atoms with Crippen molar-refractivity contribution in [1.29, 1.82) is 0 Å². The van der Waals surface area contributed by atoms with E-state index < -0.39 is 17.7 Å². The van der Waals surface area contributed by atoms with Crippen LogP contribution in [-0.2, 0) is 0 Å². The maximum Gasteiger partial charge on any atom is 0.258 e. The number of nitrogens with one attached hydrogen (secondary N) is 3. The van der Waals surface area contributed by atoms with Crippen molar-refractivity contribution in [2.45, 2.75) is 41.5 Å². The molecule has 4 rings (SSSR count). The van der Waals surface area contributed by atoms with Crippen molar-refractivity contribution in [2.75, 3.05) is 16.0 Å². The quantitative estimate of drug-likeness (QED) is 0.340. The van der Waals surface area contributed by atoms with E-state index in [-0.39, 0.29) is 34.5 Å². The SMILES string of the molecule is Cc1cc(C)nc(NC(=O)c2cc(C(=O)Nc3nc(C)cc(C)n3)cc(C(=O)Nc3nc(C)cc(C)n3)c2)n1. The van der Waals surface area contributed by atoms with Gasteiger partial charge in [0.2, 0.25) is 17.8 Å². The van der Waals surface area contributed by atoms with Gasteiger partial charge in [-0.1, -0.05) is 0 Å². The van der Waals surface area contributed by atoms with Crippen LogP contribution in [-0.4, -0.2) is 47.6 Å². The topological polar surface area (TPSA) is 165 Å². The normalized spacial score (nSPS) is 10.6. The molecule has 0 unspecified atom stereocenters. The van der Waals surface area contributed by atoms with Crippen molar-refractivity contribution in [2.24, 2.45) is 0 Å². The molecular weight excluding hydrogens is 498 g/mol. The van der Waals surface area contributed by atoms with E-state index in [9.17, 15) is 14.4 Å². The number of amides is 3. The number of aryl methyl sites for hydroxylation is 6. The number of aromatic nitrogens is 6. The molecule has 3 heterocycles. The molecule has 0 atom stereocenters. The standard InChI is InChI=1S/C27H27N9O3/c1-13-7-14(2)29-25(28-13)34-22(37)19-10-20(23(38)35-26-30-15(3)8-16(4)31-26)12-21(11-19)24(39)36-27-32-17(5)9-18(6)33-27/h7-12H,1-6H3,(H,28,29,34,37)(H,30,31,35,38)(H,32,33,36,39). The highest BCUT2D eigenvalue weighted by Gasteiger charge is 2.19. The second-order valence-corrected chi connectivity index (χ2v) is 9.08. The summed E-state index contributed by atoms with van der Waals surface area (Å²) in [6.07, 6.45) is 0. The van der Waals surface area contributed by atoms with Gasteiger partial charge >= 0.3 is 0 Å². The van der Waals surface area contributed by atoms with Crippen LogP contribution in [0.25, 0.3) is 0 Å². The van der Waals surface area contributed by atoms with E-state index >= 15 is 0 Å². The number of hydrogen-bond acceptors (Lipinski definition) is 9. The molecule has 0 radical (unpaired) electrons. The molecule has 0 saturated carbocycles. The summed E-state index contributed by atoms with van der Waals surface area (Å²) in [6, 6.07) is 9.40. The lowest BCUT2D eigenvalue weighted by Crippen LogP contribution is -2.21. The first-order valence-corrected chi connectivity index (χ1v) is 12.0. The Morgan fingerprint density at radius 3 is 0.821 bits per heavy atom. The molecule has 0 fully saturated rings. The third-order valence-electron chi connectivity index (χ3n) is 5.34. The Morgan fingerprint density at radius 2 is 0.615 bits per heavy atom. The Morgan fingerprint density at radius 1 is 0.410 bits per heavy atom. The van der Waals surface area contributed by atoms with Crippen LogP contribution in [0.15, 0.2) is 36.4 Å². The molecular formula is C27H27N9O3. The van der Waals surface area contributed by atoms with Gasteiger partial charge in [0, 0.05) is 50.9 Å². The minimum Gasteiger partial charge on any atom is -0.290 e. The first-order chi connectivity index (χ1) is 18.4. The summed E-state index contributed by atoms with van der Waals surface area (Å²) in [5.41, 5.74) is 4.16. The number of anilines is 3. The predicted octanol–water partition coefficient (Wildman–Crippen LogP) is 3.66. The van der Waals surface area contributed by atoms with E-state index in [1.807, 2.05) is 0 Å². The lowest BCUT2D eigenvalue weighted by molar-refractivity contribution is 0.102. The maximum absolute atomic E-state index is 13.2. The smallest absolute Gasteiger partial charge is 0.258 e. The molecule has 3 amide bonds. The van der Waals surface area contributed by atoms with Gasteiger partial charge in [-0.2, -0.15) is 0 Å². The molecule has 0 aliphatic rings. The third-order valence-corrected chi connectivity index (χ3v) is 5.34. The van der Waals surface area contributed by atoms with Gasteiger partial charge in [-0.25, -0.2) is 29.9 Å². The summed E-state index contributed by atoms with van der Waals surface area (Å²) in [7, 11) is 0. The molecule has 0 saturated heterocycles. The molecule has 198 valence electrons. The number of rotatable bonds is 6. The Hall–Kier alpha value is -5.13. The second-order valence-electron chi connectivity index (χ2n) is 9.08. The van der Waals surface area contributed by atoms with Gasteiger partial charge in [0.15, 0.2) is 0 Å². The van der Waals surface area contributed by atoms with Gasteiger partial charge in [0.05, 0.1) is 0 Å². The lowest BCUT2D eigenvalue weighted by atomic mass is 10.0. The molecule has 12 nitrogen and oxygen atoms in total. The second kappa shape index (κ2) is 11.1. The molecule has 4 aromatic rings. The van der Waals surface area contributed by atoms with Gasteiger partial charge in [0.25, 0.3) is 17.7 Å². The van der Waals surface area contributed by atoms with Crippen molar-refractivity contribution < 1.29 is 14.4 Å². The van der Waals surface area contributed by atoms with Crippen molar-refractivity contribution in [3.63, 3.8) is 0 Å². The molecule has 0 aliphatic heterocycles. The summed E-state index contributed by atoms with van der Waals surface area (Å²) in [5, 5.41) is 7.88. The molecule has 1 aromatic carbocycles. The monoisotopic (exact) mass is 525 g/mol. The summed E-state index contributed by atoms with van der Waals surface area (Å²) < 4.78 is 0. The highest BCUT2D eigenvalue weighted by atomic mass is 16.2. The van der Waals surface area contributed by atoms with E-state index in [1.54, 1.807) is 59.7 Å². The van der Waals surface area contributed by atoms with E-state index in [1.165, 1.54) is 18.2 Å². The Kier molecular flexibility index (Phi) is 7.65. The van der Waals surface area contributed by atoms with Crippen LogP contribution in [0.1, 0.15) is 65.2 Å². The fourth-order valence-corrected chi connectivity index (χ4v) is 3.89.